The second-order valence-electron chi connectivity index (χ2n) is 4.51. The molecule has 5 heteroatoms. The fraction of sp³-hybridized carbons (Fsp3) is 0.462. The van der Waals surface area contributed by atoms with Crippen LogP contribution in [-0.4, -0.2) is 31.7 Å². The summed E-state index contributed by atoms with van der Waals surface area (Å²) >= 11 is 3.48. The van der Waals surface area contributed by atoms with Gasteiger partial charge in [0, 0.05) is 11.0 Å². The van der Waals surface area contributed by atoms with Crippen LogP contribution >= 0.6 is 15.9 Å². The first-order valence-electron chi connectivity index (χ1n) is 5.96. The number of hydrogen-bond acceptors (Lipinski definition) is 3. The lowest BCUT2D eigenvalue weighted by atomic mass is 10.1. The third kappa shape index (κ3) is 3.10. The van der Waals surface area contributed by atoms with E-state index >= 15 is 0 Å². The SMILES string of the molecule is Cc1cc(C)c(NC(=O)C2COCCN2)c(Br)c1. The third-order valence-corrected chi connectivity index (χ3v) is 3.54. The summed E-state index contributed by atoms with van der Waals surface area (Å²) in [6.07, 6.45) is 0. The van der Waals surface area contributed by atoms with Gasteiger partial charge in [-0.2, -0.15) is 0 Å². The van der Waals surface area contributed by atoms with Crippen LogP contribution in [0.2, 0.25) is 0 Å². The van der Waals surface area contributed by atoms with Crippen molar-refractivity contribution in [1.29, 1.82) is 0 Å². The lowest BCUT2D eigenvalue weighted by Gasteiger charge is -2.23. The van der Waals surface area contributed by atoms with Gasteiger partial charge in [-0.25, -0.2) is 0 Å². The number of hydrogen-bond donors (Lipinski definition) is 2. The summed E-state index contributed by atoms with van der Waals surface area (Å²) in [5.41, 5.74) is 3.04. The molecule has 0 aromatic heterocycles. The molecule has 2 N–H and O–H groups in total. The minimum Gasteiger partial charge on any atom is -0.378 e. The Morgan fingerprint density at radius 1 is 1.50 bits per heavy atom. The van der Waals surface area contributed by atoms with Crippen LogP contribution in [0.25, 0.3) is 0 Å². The number of carbonyl (C=O) groups is 1. The molecule has 0 bridgehead atoms. The normalized spacial score (nSPS) is 19.6. The zero-order valence-corrected chi connectivity index (χ0v) is 12.1. The molecule has 1 amide bonds. The van der Waals surface area contributed by atoms with Crippen LogP contribution in [0.15, 0.2) is 16.6 Å². The van der Waals surface area contributed by atoms with Gasteiger partial charge in [0.05, 0.1) is 18.9 Å². The topological polar surface area (TPSA) is 50.4 Å². The maximum absolute atomic E-state index is 12.1. The molecule has 1 unspecified atom stereocenters. The highest BCUT2D eigenvalue weighted by Crippen LogP contribution is 2.27. The van der Waals surface area contributed by atoms with Crippen molar-refractivity contribution in [3.8, 4) is 0 Å². The van der Waals surface area contributed by atoms with Gasteiger partial charge < -0.3 is 15.4 Å². The van der Waals surface area contributed by atoms with E-state index in [1.165, 1.54) is 0 Å². The van der Waals surface area contributed by atoms with Crippen molar-refractivity contribution in [2.45, 2.75) is 19.9 Å². The van der Waals surface area contributed by atoms with Crippen molar-refractivity contribution < 1.29 is 9.53 Å². The van der Waals surface area contributed by atoms with Crippen molar-refractivity contribution in [3.63, 3.8) is 0 Å². The van der Waals surface area contributed by atoms with Crippen LogP contribution in [-0.2, 0) is 9.53 Å². The molecule has 0 spiro atoms. The number of benzene rings is 1. The third-order valence-electron chi connectivity index (χ3n) is 2.92. The highest BCUT2D eigenvalue weighted by atomic mass is 79.9. The minimum absolute atomic E-state index is 0.0534. The van der Waals surface area contributed by atoms with Gasteiger partial charge in [0.2, 0.25) is 5.91 Å². The standard InChI is InChI=1S/C13H17BrN2O2/c1-8-5-9(2)12(10(14)6-8)16-13(17)11-7-18-4-3-15-11/h5-6,11,15H,3-4,7H2,1-2H3,(H,16,17). The maximum Gasteiger partial charge on any atom is 0.243 e. The molecule has 1 heterocycles. The van der Waals surface area contributed by atoms with E-state index in [-0.39, 0.29) is 11.9 Å². The summed E-state index contributed by atoms with van der Waals surface area (Å²) in [6, 6.07) is 3.77. The number of carbonyl (C=O) groups excluding carboxylic acids is 1. The molecular formula is C13H17BrN2O2. The van der Waals surface area contributed by atoms with Gasteiger partial charge >= 0.3 is 0 Å². The van der Waals surface area contributed by atoms with Crippen molar-refractivity contribution in [1.82, 2.24) is 5.32 Å². The molecule has 0 radical (unpaired) electrons. The summed E-state index contributed by atoms with van der Waals surface area (Å²) in [6.45, 7) is 5.82. The lowest BCUT2D eigenvalue weighted by molar-refractivity contribution is -0.120. The summed E-state index contributed by atoms with van der Waals surface area (Å²) < 4.78 is 6.19. The van der Waals surface area contributed by atoms with E-state index in [1.807, 2.05) is 26.0 Å². The van der Waals surface area contributed by atoms with Gasteiger partial charge in [-0.15, -0.1) is 0 Å². The average molecular weight is 313 g/mol. The quantitative estimate of drug-likeness (QED) is 0.878. The first-order valence-corrected chi connectivity index (χ1v) is 6.76. The Bertz CT molecular complexity index is 433. The Balaban J connectivity index is 2.11. The zero-order chi connectivity index (χ0) is 13.1. The summed E-state index contributed by atoms with van der Waals surface area (Å²) in [5, 5.41) is 6.08. The number of morpholine rings is 1. The van der Waals surface area contributed by atoms with E-state index < -0.39 is 0 Å². The molecule has 1 aromatic rings. The summed E-state index contributed by atoms with van der Waals surface area (Å²) in [5.74, 6) is -0.0534. The fourth-order valence-corrected chi connectivity index (χ4v) is 2.79. The van der Waals surface area contributed by atoms with Gasteiger partial charge in [0.15, 0.2) is 0 Å². The molecular weight excluding hydrogens is 296 g/mol. The lowest BCUT2D eigenvalue weighted by Crippen LogP contribution is -2.48. The molecule has 0 aliphatic carbocycles. The van der Waals surface area contributed by atoms with E-state index in [4.69, 9.17) is 4.74 Å². The van der Waals surface area contributed by atoms with E-state index in [1.54, 1.807) is 0 Å². The second-order valence-corrected chi connectivity index (χ2v) is 5.36. The fourth-order valence-electron chi connectivity index (χ4n) is 2.02. The molecule has 0 saturated carbocycles. The average Bonchev–Trinajstić information content (AvgIpc) is 2.34. The smallest absolute Gasteiger partial charge is 0.243 e. The summed E-state index contributed by atoms with van der Waals surface area (Å²) in [4.78, 5) is 12.1. The Morgan fingerprint density at radius 2 is 2.28 bits per heavy atom. The number of ether oxygens (including phenoxy) is 1. The number of nitrogens with one attached hydrogen (secondary N) is 2. The molecule has 1 aliphatic heterocycles. The Hall–Kier alpha value is -0.910. The zero-order valence-electron chi connectivity index (χ0n) is 10.5. The van der Waals surface area contributed by atoms with Gasteiger partial charge in [-0.1, -0.05) is 6.07 Å². The molecule has 1 aliphatic rings. The molecule has 18 heavy (non-hydrogen) atoms. The Labute approximate surface area is 115 Å². The first-order chi connectivity index (χ1) is 8.58. The van der Waals surface area contributed by atoms with Gasteiger partial charge in [-0.05, 0) is 47.0 Å². The number of anilines is 1. The molecule has 1 atom stereocenters. The highest BCUT2D eigenvalue weighted by molar-refractivity contribution is 9.10. The van der Waals surface area contributed by atoms with Crippen molar-refractivity contribution >= 4 is 27.5 Å². The van der Waals surface area contributed by atoms with Crippen LogP contribution in [0.5, 0.6) is 0 Å². The number of amides is 1. The van der Waals surface area contributed by atoms with Crippen molar-refractivity contribution in [3.05, 3.63) is 27.7 Å². The minimum atomic E-state index is -0.272. The molecule has 2 rings (SSSR count). The van der Waals surface area contributed by atoms with Gasteiger partial charge in [-0.3, -0.25) is 4.79 Å². The number of aryl methyl sites for hydroxylation is 2. The number of rotatable bonds is 2. The first kappa shape index (κ1) is 13.5. The van der Waals surface area contributed by atoms with Crippen LogP contribution in [0, 0.1) is 13.8 Å². The second kappa shape index (κ2) is 5.82. The number of halogens is 1. The van der Waals surface area contributed by atoms with E-state index in [9.17, 15) is 4.79 Å². The Kier molecular flexibility index (Phi) is 4.37. The monoisotopic (exact) mass is 312 g/mol. The van der Waals surface area contributed by atoms with E-state index in [2.05, 4.69) is 26.6 Å². The molecule has 1 saturated heterocycles. The van der Waals surface area contributed by atoms with E-state index in [0.29, 0.717) is 19.8 Å². The van der Waals surface area contributed by atoms with Crippen LogP contribution < -0.4 is 10.6 Å². The van der Waals surface area contributed by atoms with Crippen molar-refractivity contribution in [2.24, 2.45) is 0 Å². The maximum atomic E-state index is 12.1. The highest BCUT2D eigenvalue weighted by Gasteiger charge is 2.22. The summed E-state index contributed by atoms with van der Waals surface area (Å²) in [7, 11) is 0. The van der Waals surface area contributed by atoms with Crippen LogP contribution in [0.3, 0.4) is 0 Å². The molecule has 1 aromatic carbocycles. The predicted molar refractivity (Wildman–Crippen MR) is 74.9 cm³/mol. The van der Waals surface area contributed by atoms with Crippen molar-refractivity contribution in [2.75, 3.05) is 25.1 Å². The molecule has 98 valence electrons. The molecule has 4 nitrogen and oxygen atoms in total. The van der Waals surface area contributed by atoms with Gasteiger partial charge in [0.1, 0.15) is 6.04 Å². The molecule has 1 fully saturated rings. The Morgan fingerprint density at radius 3 is 2.89 bits per heavy atom. The van der Waals surface area contributed by atoms with Crippen LogP contribution in [0.4, 0.5) is 5.69 Å². The van der Waals surface area contributed by atoms with Gasteiger partial charge in [0.25, 0.3) is 0 Å². The predicted octanol–water partition coefficient (Wildman–Crippen LogP) is 1.99. The van der Waals surface area contributed by atoms with Crippen LogP contribution in [0.1, 0.15) is 11.1 Å². The van der Waals surface area contributed by atoms with E-state index in [0.717, 1.165) is 21.3 Å². The largest absolute Gasteiger partial charge is 0.378 e.